The predicted molar refractivity (Wildman–Crippen MR) is 72.4 cm³/mol. The average molecular weight is 265 g/mol. The number of carbonyl (C=O) groups is 1. The van der Waals surface area contributed by atoms with Gasteiger partial charge in [0, 0.05) is 0 Å². The Balaban J connectivity index is 2.87. The third-order valence-corrected chi connectivity index (χ3v) is 2.75. The van der Waals surface area contributed by atoms with Gasteiger partial charge in [-0.1, -0.05) is 24.6 Å². The quantitative estimate of drug-likeness (QED) is 0.279. The molecule has 1 unspecified atom stereocenters. The van der Waals surface area contributed by atoms with Crippen LogP contribution in [0.1, 0.15) is 35.7 Å². The van der Waals surface area contributed by atoms with Crippen LogP contribution in [0.5, 0.6) is 5.75 Å². The number of aryl methyl sites for hydroxylation is 1. The maximum atomic E-state index is 12.0. The fourth-order valence-corrected chi connectivity index (χ4v) is 1.72. The van der Waals surface area contributed by atoms with Crippen LogP contribution in [0.15, 0.2) is 23.4 Å². The SMILES string of the molecule is CCCC(NC(=O)c1ccc(C)cc1O)/C(N)=N/O. The van der Waals surface area contributed by atoms with E-state index in [0.29, 0.717) is 6.42 Å². The number of nitrogens with two attached hydrogens (primary N) is 1. The Hall–Kier alpha value is -2.24. The summed E-state index contributed by atoms with van der Waals surface area (Å²) in [6, 6.07) is 4.22. The first-order valence-electron chi connectivity index (χ1n) is 6.07. The van der Waals surface area contributed by atoms with E-state index < -0.39 is 11.9 Å². The first-order chi connectivity index (χ1) is 8.99. The van der Waals surface area contributed by atoms with Crippen LogP contribution in [0.3, 0.4) is 0 Å². The molecule has 1 aromatic carbocycles. The molecule has 0 aromatic heterocycles. The third kappa shape index (κ3) is 3.87. The molecule has 0 radical (unpaired) electrons. The minimum absolute atomic E-state index is 0.0539. The molecule has 6 nitrogen and oxygen atoms in total. The number of rotatable bonds is 5. The number of amides is 1. The van der Waals surface area contributed by atoms with Crippen LogP contribution in [0.2, 0.25) is 0 Å². The maximum absolute atomic E-state index is 12.0. The van der Waals surface area contributed by atoms with Crippen LogP contribution in [0.4, 0.5) is 0 Å². The normalized spacial score (nSPS) is 13.1. The fourth-order valence-electron chi connectivity index (χ4n) is 1.72. The molecule has 1 atom stereocenters. The van der Waals surface area contributed by atoms with Crippen molar-refractivity contribution in [3.8, 4) is 5.75 Å². The van der Waals surface area contributed by atoms with Crippen molar-refractivity contribution in [3.63, 3.8) is 0 Å². The molecule has 1 amide bonds. The minimum atomic E-state index is -0.553. The van der Waals surface area contributed by atoms with Crippen molar-refractivity contribution in [2.75, 3.05) is 0 Å². The summed E-state index contributed by atoms with van der Waals surface area (Å²) in [6.07, 6.45) is 1.31. The number of aromatic hydroxyl groups is 1. The second-order valence-corrected chi connectivity index (χ2v) is 4.36. The summed E-state index contributed by atoms with van der Waals surface area (Å²) in [5, 5.41) is 23.9. The van der Waals surface area contributed by atoms with Gasteiger partial charge in [-0.15, -0.1) is 0 Å². The van der Waals surface area contributed by atoms with E-state index in [1.54, 1.807) is 6.07 Å². The number of hydrogen-bond donors (Lipinski definition) is 4. The summed E-state index contributed by atoms with van der Waals surface area (Å²) in [5.74, 6) is -0.600. The lowest BCUT2D eigenvalue weighted by Gasteiger charge is -2.17. The van der Waals surface area contributed by atoms with Crippen molar-refractivity contribution < 1.29 is 15.1 Å². The summed E-state index contributed by atoms with van der Waals surface area (Å²) in [7, 11) is 0. The van der Waals surface area contributed by atoms with Gasteiger partial charge in [0.25, 0.3) is 5.91 Å². The van der Waals surface area contributed by atoms with Crippen LogP contribution in [0, 0.1) is 6.92 Å². The zero-order chi connectivity index (χ0) is 14.4. The Morgan fingerprint density at radius 1 is 1.53 bits per heavy atom. The lowest BCUT2D eigenvalue weighted by atomic mass is 10.1. The Labute approximate surface area is 111 Å². The molecular formula is C13H19N3O3. The average Bonchev–Trinajstić information content (AvgIpc) is 2.37. The van der Waals surface area contributed by atoms with E-state index >= 15 is 0 Å². The number of nitrogens with one attached hydrogen (secondary N) is 1. The van der Waals surface area contributed by atoms with E-state index in [2.05, 4.69) is 10.5 Å². The van der Waals surface area contributed by atoms with Gasteiger partial charge < -0.3 is 21.4 Å². The number of phenolic OH excluding ortho intramolecular Hbond substituents is 1. The summed E-state index contributed by atoms with van der Waals surface area (Å²) >= 11 is 0. The highest BCUT2D eigenvalue weighted by Crippen LogP contribution is 2.18. The molecule has 0 aliphatic carbocycles. The van der Waals surface area contributed by atoms with E-state index in [1.807, 2.05) is 13.8 Å². The molecular weight excluding hydrogens is 246 g/mol. The summed E-state index contributed by atoms with van der Waals surface area (Å²) in [5.41, 5.74) is 6.54. The molecule has 0 saturated heterocycles. The van der Waals surface area contributed by atoms with Gasteiger partial charge in [-0.3, -0.25) is 4.79 Å². The number of hydrogen-bond acceptors (Lipinski definition) is 4. The van der Waals surface area contributed by atoms with Crippen LogP contribution in [0.25, 0.3) is 0 Å². The smallest absolute Gasteiger partial charge is 0.255 e. The minimum Gasteiger partial charge on any atom is -0.507 e. The molecule has 0 aliphatic rings. The van der Waals surface area contributed by atoms with Gasteiger partial charge in [0.05, 0.1) is 11.6 Å². The molecule has 0 fully saturated rings. The molecule has 0 heterocycles. The maximum Gasteiger partial charge on any atom is 0.255 e. The van der Waals surface area contributed by atoms with Crippen LogP contribution in [-0.4, -0.2) is 28.1 Å². The van der Waals surface area contributed by atoms with Gasteiger partial charge in [0.15, 0.2) is 5.84 Å². The van der Waals surface area contributed by atoms with Crippen LogP contribution >= 0.6 is 0 Å². The number of amidine groups is 1. The first-order valence-corrected chi connectivity index (χ1v) is 6.07. The van der Waals surface area contributed by atoms with Crippen molar-refractivity contribution in [1.29, 1.82) is 0 Å². The molecule has 1 aromatic rings. The molecule has 19 heavy (non-hydrogen) atoms. The number of benzene rings is 1. The van der Waals surface area contributed by atoms with Gasteiger partial charge in [-0.05, 0) is 31.0 Å². The molecule has 5 N–H and O–H groups in total. The van der Waals surface area contributed by atoms with Crippen LogP contribution in [-0.2, 0) is 0 Å². The molecule has 0 bridgehead atoms. The monoisotopic (exact) mass is 265 g/mol. The lowest BCUT2D eigenvalue weighted by molar-refractivity contribution is 0.0942. The Morgan fingerprint density at radius 3 is 2.74 bits per heavy atom. The summed E-state index contributed by atoms with van der Waals surface area (Å²) < 4.78 is 0. The van der Waals surface area contributed by atoms with E-state index in [0.717, 1.165) is 12.0 Å². The third-order valence-electron chi connectivity index (χ3n) is 2.75. The highest BCUT2D eigenvalue weighted by Gasteiger charge is 2.19. The topological polar surface area (TPSA) is 108 Å². The Kier molecular flexibility index (Phi) is 5.17. The molecule has 0 saturated carbocycles. The molecule has 0 aliphatic heterocycles. The van der Waals surface area contributed by atoms with E-state index in [4.69, 9.17) is 10.9 Å². The van der Waals surface area contributed by atoms with Gasteiger partial charge in [0.2, 0.25) is 0 Å². The number of phenols is 1. The molecule has 104 valence electrons. The number of nitrogens with zero attached hydrogens (tertiary/aromatic N) is 1. The van der Waals surface area contributed by atoms with Crippen molar-refractivity contribution in [3.05, 3.63) is 29.3 Å². The van der Waals surface area contributed by atoms with Crippen molar-refractivity contribution >= 4 is 11.7 Å². The van der Waals surface area contributed by atoms with Crippen molar-refractivity contribution in [2.24, 2.45) is 10.9 Å². The zero-order valence-corrected chi connectivity index (χ0v) is 11.1. The summed E-state index contributed by atoms with van der Waals surface area (Å²) in [6.45, 7) is 3.74. The van der Waals surface area contributed by atoms with Gasteiger partial charge >= 0.3 is 0 Å². The lowest BCUT2D eigenvalue weighted by Crippen LogP contribution is -2.44. The Bertz CT molecular complexity index is 486. The fraction of sp³-hybridized carbons (Fsp3) is 0.385. The highest BCUT2D eigenvalue weighted by atomic mass is 16.4. The van der Waals surface area contributed by atoms with E-state index in [9.17, 15) is 9.90 Å². The second kappa shape index (κ2) is 6.63. The van der Waals surface area contributed by atoms with E-state index in [-0.39, 0.29) is 17.1 Å². The molecule has 6 heteroatoms. The van der Waals surface area contributed by atoms with Crippen LogP contribution < -0.4 is 11.1 Å². The highest BCUT2D eigenvalue weighted by molar-refractivity contribution is 6.00. The Morgan fingerprint density at radius 2 is 2.21 bits per heavy atom. The molecule has 0 spiro atoms. The van der Waals surface area contributed by atoms with Crippen molar-refractivity contribution in [1.82, 2.24) is 5.32 Å². The summed E-state index contributed by atoms with van der Waals surface area (Å²) in [4.78, 5) is 12.0. The van der Waals surface area contributed by atoms with Gasteiger partial charge in [0.1, 0.15) is 5.75 Å². The first kappa shape index (κ1) is 14.8. The standard InChI is InChI=1S/C13H19N3O3/c1-3-4-10(12(14)16-19)15-13(18)9-6-5-8(2)7-11(9)17/h5-7,10,17,19H,3-4H2,1-2H3,(H2,14,16)(H,15,18). The van der Waals surface area contributed by atoms with E-state index in [1.165, 1.54) is 12.1 Å². The molecule has 1 rings (SSSR count). The largest absolute Gasteiger partial charge is 0.507 e. The van der Waals surface area contributed by atoms with Gasteiger partial charge in [-0.2, -0.15) is 0 Å². The predicted octanol–water partition coefficient (Wildman–Crippen LogP) is 1.35. The number of oxime groups is 1. The zero-order valence-electron chi connectivity index (χ0n) is 11.1. The van der Waals surface area contributed by atoms with Crippen molar-refractivity contribution in [2.45, 2.75) is 32.7 Å². The van der Waals surface area contributed by atoms with Gasteiger partial charge in [-0.25, -0.2) is 0 Å². The second-order valence-electron chi connectivity index (χ2n) is 4.36. The number of carbonyl (C=O) groups excluding carboxylic acids is 1.